The van der Waals surface area contributed by atoms with Gasteiger partial charge in [0.2, 0.25) is 0 Å². The van der Waals surface area contributed by atoms with E-state index in [-0.39, 0.29) is 11.6 Å². The second-order valence-electron chi connectivity index (χ2n) is 2.37. The van der Waals surface area contributed by atoms with Gasteiger partial charge in [0.15, 0.2) is 5.43 Å². The highest BCUT2D eigenvalue weighted by Crippen LogP contribution is 2.25. The highest BCUT2D eigenvalue weighted by molar-refractivity contribution is 6.16. The zero-order valence-electron chi connectivity index (χ0n) is 6.28. The zero-order chi connectivity index (χ0) is 10.1. The first-order valence-electron chi connectivity index (χ1n) is 3.30. The molecule has 0 spiro atoms. The number of halogens is 4. The molecule has 2 nitrogen and oxygen atoms in total. The average Bonchev–Trinajstić information content (AvgIpc) is 2.01. The minimum Gasteiger partial charge on any atom is -0.363 e. The van der Waals surface area contributed by atoms with E-state index in [1.807, 2.05) is 0 Å². The van der Waals surface area contributed by atoms with Crippen LogP contribution in [-0.2, 0) is 12.1 Å². The van der Waals surface area contributed by atoms with Gasteiger partial charge in [0.25, 0.3) is 0 Å². The Kier molecular flexibility index (Phi) is 2.66. The molecule has 0 aromatic carbocycles. The van der Waals surface area contributed by atoms with Crippen molar-refractivity contribution in [3.8, 4) is 0 Å². The van der Waals surface area contributed by atoms with E-state index in [9.17, 15) is 18.0 Å². The third-order valence-electron chi connectivity index (χ3n) is 1.42. The van der Waals surface area contributed by atoms with Crippen LogP contribution >= 0.6 is 11.6 Å². The normalized spacial score (nSPS) is 11.7. The summed E-state index contributed by atoms with van der Waals surface area (Å²) >= 11 is 5.31. The van der Waals surface area contributed by atoms with Gasteiger partial charge in [-0.2, -0.15) is 13.2 Å². The Labute approximate surface area is 76.3 Å². The van der Waals surface area contributed by atoms with Gasteiger partial charge < -0.3 is 4.98 Å². The van der Waals surface area contributed by atoms with E-state index in [1.165, 1.54) is 0 Å². The number of alkyl halides is 4. The van der Waals surface area contributed by atoms with Crippen molar-refractivity contribution in [2.75, 3.05) is 0 Å². The monoisotopic (exact) mass is 211 g/mol. The molecule has 0 saturated carbocycles. The third kappa shape index (κ3) is 2.24. The summed E-state index contributed by atoms with van der Waals surface area (Å²) in [6.07, 6.45) is -3.99. The predicted molar refractivity (Wildman–Crippen MR) is 41.6 cm³/mol. The second-order valence-corrected chi connectivity index (χ2v) is 2.63. The summed E-state index contributed by atoms with van der Waals surface area (Å²) < 4.78 is 36.1. The van der Waals surface area contributed by atoms with E-state index in [0.29, 0.717) is 6.20 Å². The molecule has 13 heavy (non-hydrogen) atoms. The molecule has 72 valence electrons. The van der Waals surface area contributed by atoms with E-state index in [4.69, 9.17) is 11.6 Å². The maximum atomic E-state index is 12.0. The number of nitrogens with one attached hydrogen (secondary N) is 1. The fourth-order valence-corrected chi connectivity index (χ4v) is 0.967. The lowest BCUT2D eigenvalue weighted by Crippen LogP contribution is -2.19. The Morgan fingerprint density at radius 3 is 2.46 bits per heavy atom. The minimum absolute atomic E-state index is 0.0205. The minimum atomic E-state index is -4.61. The zero-order valence-corrected chi connectivity index (χ0v) is 7.04. The summed E-state index contributed by atoms with van der Waals surface area (Å²) in [6, 6.07) is 0.843. The number of aromatic nitrogens is 1. The van der Waals surface area contributed by atoms with Gasteiger partial charge in [0, 0.05) is 18.0 Å². The molecule has 1 aromatic heterocycles. The lowest BCUT2D eigenvalue weighted by Gasteiger charge is -2.05. The van der Waals surface area contributed by atoms with Gasteiger partial charge in [-0.15, -0.1) is 11.6 Å². The van der Waals surface area contributed by atoms with Crippen molar-refractivity contribution in [1.29, 1.82) is 0 Å². The van der Waals surface area contributed by atoms with Crippen LogP contribution in [0.2, 0.25) is 0 Å². The van der Waals surface area contributed by atoms with E-state index >= 15 is 0 Å². The Morgan fingerprint density at radius 1 is 1.46 bits per heavy atom. The molecule has 0 radical (unpaired) electrons. The number of rotatable bonds is 1. The van der Waals surface area contributed by atoms with E-state index < -0.39 is 17.2 Å². The lowest BCUT2D eigenvalue weighted by molar-refractivity contribution is -0.138. The number of H-pyrrole nitrogens is 1. The molecule has 0 atom stereocenters. The van der Waals surface area contributed by atoms with E-state index in [1.54, 1.807) is 0 Å². The van der Waals surface area contributed by atoms with Crippen molar-refractivity contribution >= 4 is 11.6 Å². The Balaban J connectivity index is 3.21. The summed E-state index contributed by atoms with van der Waals surface area (Å²) in [7, 11) is 0. The van der Waals surface area contributed by atoms with Crippen molar-refractivity contribution in [1.82, 2.24) is 4.98 Å². The molecule has 1 heterocycles. The van der Waals surface area contributed by atoms with Crippen LogP contribution < -0.4 is 5.43 Å². The maximum Gasteiger partial charge on any atom is 0.421 e. The van der Waals surface area contributed by atoms with E-state index in [2.05, 4.69) is 4.98 Å². The van der Waals surface area contributed by atoms with Gasteiger partial charge in [-0.05, 0) is 0 Å². The van der Waals surface area contributed by atoms with Gasteiger partial charge in [0.1, 0.15) is 5.56 Å². The van der Waals surface area contributed by atoms with Crippen LogP contribution in [0, 0.1) is 0 Å². The average molecular weight is 212 g/mol. The van der Waals surface area contributed by atoms with Crippen molar-refractivity contribution < 1.29 is 13.2 Å². The fourth-order valence-electron chi connectivity index (χ4n) is 0.812. The quantitative estimate of drug-likeness (QED) is 0.710. The lowest BCUT2D eigenvalue weighted by atomic mass is 10.2. The third-order valence-corrected chi connectivity index (χ3v) is 1.71. The number of aromatic amines is 1. The van der Waals surface area contributed by atoms with Gasteiger partial charge in [-0.3, -0.25) is 4.79 Å². The van der Waals surface area contributed by atoms with Crippen LogP contribution in [0.15, 0.2) is 17.1 Å². The first kappa shape index (κ1) is 10.1. The molecule has 0 aliphatic heterocycles. The van der Waals surface area contributed by atoms with Crippen LogP contribution in [-0.4, -0.2) is 4.98 Å². The van der Waals surface area contributed by atoms with Gasteiger partial charge in [-0.1, -0.05) is 0 Å². The Bertz CT molecular complexity index is 357. The molecule has 1 rings (SSSR count). The molecule has 0 fully saturated rings. The maximum absolute atomic E-state index is 12.0. The first-order chi connectivity index (χ1) is 5.95. The summed E-state index contributed by atoms with van der Waals surface area (Å²) in [5.74, 6) is -0.0205. The molecule has 1 N–H and O–H groups in total. The predicted octanol–water partition coefficient (Wildman–Crippen LogP) is 2.13. The van der Waals surface area contributed by atoms with Crippen molar-refractivity contribution in [3.05, 3.63) is 33.7 Å². The van der Waals surface area contributed by atoms with Crippen LogP contribution in [0.3, 0.4) is 0 Å². The molecule has 0 aliphatic carbocycles. The van der Waals surface area contributed by atoms with Crippen LogP contribution in [0.4, 0.5) is 13.2 Å². The number of hydrogen-bond donors (Lipinski definition) is 1. The molecule has 0 aliphatic rings. The van der Waals surface area contributed by atoms with Gasteiger partial charge >= 0.3 is 6.18 Å². The standard InChI is InChI=1S/C7H5ClF3NO/c8-2-4-1-6(13)5(3-12-4)7(9,10)11/h1,3H,2H2,(H,12,13). The Hall–Kier alpha value is -0.970. The number of pyridine rings is 1. The first-order valence-corrected chi connectivity index (χ1v) is 3.83. The second kappa shape index (κ2) is 3.41. The SMILES string of the molecule is O=c1cc(CCl)[nH]cc1C(F)(F)F. The summed E-state index contributed by atoms with van der Waals surface area (Å²) in [4.78, 5) is 13.1. The van der Waals surface area contributed by atoms with Crippen molar-refractivity contribution in [2.45, 2.75) is 12.1 Å². The molecule has 6 heteroatoms. The van der Waals surface area contributed by atoms with Crippen LogP contribution in [0.5, 0.6) is 0 Å². The number of hydrogen-bond acceptors (Lipinski definition) is 1. The highest BCUT2D eigenvalue weighted by Gasteiger charge is 2.33. The fraction of sp³-hybridized carbons (Fsp3) is 0.286. The van der Waals surface area contributed by atoms with Crippen molar-refractivity contribution in [2.24, 2.45) is 0 Å². The summed E-state index contributed by atoms with van der Waals surface area (Å²) in [5.41, 5.74) is -2.01. The molecular weight excluding hydrogens is 207 g/mol. The summed E-state index contributed by atoms with van der Waals surface area (Å²) in [5, 5.41) is 0. The molecule has 0 saturated heterocycles. The summed E-state index contributed by atoms with van der Waals surface area (Å²) in [6.45, 7) is 0. The molecule has 0 unspecified atom stereocenters. The molecule has 0 amide bonds. The van der Waals surface area contributed by atoms with Crippen LogP contribution in [0.1, 0.15) is 11.3 Å². The topological polar surface area (TPSA) is 32.9 Å². The largest absolute Gasteiger partial charge is 0.421 e. The molecule has 1 aromatic rings. The molecular formula is C7H5ClF3NO. The molecule has 0 bridgehead atoms. The van der Waals surface area contributed by atoms with Crippen LogP contribution in [0.25, 0.3) is 0 Å². The van der Waals surface area contributed by atoms with Crippen molar-refractivity contribution in [3.63, 3.8) is 0 Å². The van der Waals surface area contributed by atoms with Gasteiger partial charge in [-0.25, -0.2) is 0 Å². The smallest absolute Gasteiger partial charge is 0.363 e. The van der Waals surface area contributed by atoms with Gasteiger partial charge in [0.05, 0.1) is 5.88 Å². The van der Waals surface area contributed by atoms with E-state index in [0.717, 1.165) is 6.07 Å². The Morgan fingerprint density at radius 2 is 2.08 bits per heavy atom. The highest BCUT2D eigenvalue weighted by atomic mass is 35.5.